The van der Waals surface area contributed by atoms with Gasteiger partial charge in [0, 0.05) is 12.1 Å². The Morgan fingerprint density at radius 2 is 1.81 bits per heavy atom. The number of nitrogens with zero attached hydrogens (tertiary/aromatic N) is 2. The lowest BCUT2D eigenvalue weighted by molar-refractivity contribution is -0.145. The van der Waals surface area contributed by atoms with Gasteiger partial charge in [0.2, 0.25) is 11.7 Å². The molecular formula is C11H7Cl2F3N4O. The number of alkyl halides is 3. The third kappa shape index (κ3) is 3.87. The van der Waals surface area contributed by atoms with Gasteiger partial charge in [-0.15, -0.1) is 0 Å². The van der Waals surface area contributed by atoms with Crippen LogP contribution >= 0.6 is 23.2 Å². The van der Waals surface area contributed by atoms with E-state index in [1.165, 1.54) is 18.2 Å². The van der Waals surface area contributed by atoms with Gasteiger partial charge in [-0.05, 0) is 12.1 Å². The molecule has 0 aliphatic rings. The fourth-order valence-electron chi connectivity index (χ4n) is 1.34. The zero-order valence-corrected chi connectivity index (χ0v) is 11.6. The van der Waals surface area contributed by atoms with Crippen LogP contribution in [0, 0.1) is 0 Å². The summed E-state index contributed by atoms with van der Waals surface area (Å²) in [6.07, 6.45) is -4.73. The van der Waals surface area contributed by atoms with Crippen LogP contribution in [0.3, 0.4) is 0 Å². The SMILES string of the molecule is NNc1cc(Oc2ccc(Cl)c(Cl)c2)nc(C(F)(F)F)n1. The molecule has 3 N–H and O–H groups in total. The van der Waals surface area contributed by atoms with Gasteiger partial charge in [-0.1, -0.05) is 23.2 Å². The van der Waals surface area contributed by atoms with Gasteiger partial charge < -0.3 is 10.2 Å². The fourth-order valence-corrected chi connectivity index (χ4v) is 1.63. The molecule has 0 unspecified atom stereocenters. The zero-order valence-electron chi connectivity index (χ0n) is 10.1. The highest BCUT2D eigenvalue weighted by Gasteiger charge is 2.35. The van der Waals surface area contributed by atoms with E-state index in [0.717, 1.165) is 6.07 Å². The summed E-state index contributed by atoms with van der Waals surface area (Å²) in [5, 5.41) is 0.475. The molecule has 2 aromatic rings. The molecule has 1 aromatic heterocycles. The molecule has 0 amide bonds. The highest BCUT2D eigenvalue weighted by molar-refractivity contribution is 6.42. The number of hydrogen-bond donors (Lipinski definition) is 2. The van der Waals surface area contributed by atoms with Crippen molar-refractivity contribution < 1.29 is 17.9 Å². The summed E-state index contributed by atoms with van der Waals surface area (Å²) in [5.74, 6) is 3.26. The third-order valence-electron chi connectivity index (χ3n) is 2.22. The Balaban J connectivity index is 2.36. The monoisotopic (exact) mass is 338 g/mol. The van der Waals surface area contributed by atoms with E-state index in [0.29, 0.717) is 0 Å². The second-order valence-electron chi connectivity index (χ2n) is 3.74. The second kappa shape index (κ2) is 5.92. The molecule has 0 radical (unpaired) electrons. The fraction of sp³-hybridized carbons (Fsp3) is 0.0909. The van der Waals surface area contributed by atoms with Gasteiger partial charge >= 0.3 is 6.18 Å². The van der Waals surface area contributed by atoms with E-state index in [-0.39, 0.29) is 27.5 Å². The van der Waals surface area contributed by atoms with Gasteiger partial charge in [0.25, 0.3) is 0 Å². The van der Waals surface area contributed by atoms with E-state index < -0.39 is 12.0 Å². The molecule has 0 spiro atoms. The van der Waals surface area contributed by atoms with Crippen molar-refractivity contribution in [2.75, 3.05) is 5.43 Å². The van der Waals surface area contributed by atoms with Crippen LogP contribution in [0.2, 0.25) is 10.0 Å². The number of anilines is 1. The number of hydrogen-bond acceptors (Lipinski definition) is 5. The van der Waals surface area contributed by atoms with E-state index in [9.17, 15) is 13.2 Å². The van der Waals surface area contributed by atoms with Crippen molar-refractivity contribution in [3.63, 3.8) is 0 Å². The van der Waals surface area contributed by atoms with Crippen LogP contribution in [-0.4, -0.2) is 9.97 Å². The largest absolute Gasteiger partial charge is 0.451 e. The molecule has 0 fully saturated rings. The second-order valence-corrected chi connectivity index (χ2v) is 4.55. The smallest absolute Gasteiger partial charge is 0.439 e. The Labute approximate surface area is 126 Å². The molecule has 0 aliphatic carbocycles. The van der Waals surface area contributed by atoms with Crippen molar-refractivity contribution in [2.45, 2.75) is 6.18 Å². The van der Waals surface area contributed by atoms with Crippen molar-refractivity contribution in [3.05, 3.63) is 40.1 Å². The van der Waals surface area contributed by atoms with E-state index in [1.54, 1.807) is 0 Å². The van der Waals surface area contributed by atoms with E-state index in [2.05, 4.69) is 9.97 Å². The van der Waals surface area contributed by atoms with Gasteiger partial charge in [-0.2, -0.15) is 18.2 Å². The van der Waals surface area contributed by atoms with Crippen molar-refractivity contribution in [2.24, 2.45) is 5.84 Å². The molecule has 0 atom stereocenters. The van der Waals surface area contributed by atoms with Gasteiger partial charge in [0.15, 0.2) is 0 Å². The van der Waals surface area contributed by atoms with Crippen LogP contribution in [0.1, 0.15) is 5.82 Å². The number of aromatic nitrogens is 2. The predicted molar refractivity (Wildman–Crippen MR) is 71.4 cm³/mol. The summed E-state index contributed by atoms with van der Waals surface area (Å²) in [6.45, 7) is 0. The number of ether oxygens (including phenoxy) is 1. The average molecular weight is 339 g/mol. The zero-order chi connectivity index (χ0) is 15.6. The summed E-state index contributed by atoms with van der Waals surface area (Å²) >= 11 is 11.5. The van der Waals surface area contributed by atoms with Crippen LogP contribution in [-0.2, 0) is 6.18 Å². The highest BCUT2D eigenvalue weighted by Crippen LogP contribution is 2.32. The number of nitrogens with two attached hydrogens (primary N) is 1. The number of nitrogen functional groups attached to an aromatic ring is 1. The van der Waals surface area contributed by atoms with E-state index in [4.69, 9.17) is 33.8 Å². The van der Waals surface area contributed by atoms with Gasteiger partial charge in [-0.3, -0.25) is 0 Å². The molecule has 21 heavy (non-hydrogen) atoms. The molecular weight excluding hydrogens is 332 g/mol. The summed E-state index contributed by atoms with van der Waals surface area (Å²) < 4.78 is 43.2. The minimum Gasteiger partial charge on any atom is -0.439 e. The van der Waals surface area contributed by atoms with Crippen LogP contribution in [0.15, 0.2) is 24.3 Å². The first-order chi connectivity index (χ1) is 9.79. The lowest BCUT2D eigenvalue weighted by Gasteiger charge is -2.11. The molecule has 0 bridgehead atoms. The quantitative estimate of drug-likeness (QED) is 0.656. The van der Waals surface area contributed by atoms with E-state index >= 15 is 0 Å². The Kier molecular flexibility index (Phi) is 4.40. The number of nitrogens with one attached hydrogen (secondary N) is 1. The standard InChI is InChI=1S/C11H7Cl2F3N4O/c12-6-2-1-5(3-7(6)13)21-9-4-8(20-17)18-10(19-9)11(14,15)16/h1-4H,17H2,(H,18,19,20). The molecule has 0 saturated heterocycles. The molecule has 0 saturated carbocycles. The Morgan fingerprint density at radius 1 is 1.10 bits per heavy atom. The normalized spacial score (nSPS) is 11.3. The third-order valence-corrected chi connectivity index (χ3v) is 2.96. The molecule has 1 aromatic carbocycles. The molecule has 10 heteroatoms. The number of benzene rings is 1. The topological polar surface area (TPSA) is 73.1 Å². The van der Waals surface area contributed by atoms with Gasteiger partial charge in [0.1, 0.15) is 11.6 Å². The van der Waals surface area contributed by atoms with Gasteiger partial charge in [0.05, 0.1) is 10.0 Å². The molecule has 0 aliphatic heterocycles. The van der Waals surface area contributed by atoms with Crippen molar-refractivity contribution in [1.82, 2.24) is 9.97 Å². The summed E-state index contributed by atoms with van der Waals surface area (Å²) in [5.41, 5.74) is 2.01. The van der Waals surface area contributed by atoms with Crippen molar-refractivity contribution in [3.8, 4) is 11.6 Å². The highest BCUT2D eigenvalue weighted by atomic mass is 35.5. The van der Waals surface area contributed by atoms with Gasteiger partial charge in [-0.25, -0.2) is 10.8 Å². The summed E-state index contributed by atoms with van der Waals surface area (Å²) in [7, 11) is 0. The first-order valence-electron chi connectivity index (χ1n) is 5.35. The van der Waals surface area contributed by atoms with E-state index in [1.807, 2.05) is 5.43 Å². The minimum atomic E-state index is -4.73. The van der Waals surface area contributed by atoms with Crippen molar-refractivity contribution >= 4 is 29.0 Å². The Bertz CT molecular complexity index is 666. The first-order valence-corrected chi connectivity index (χ1v) is 6.11. The summed E-state index contributed by atoms with van der Waals surface area (Å²) in [6, 6.07) is 5.32. The molecule has 1 heterocycles. The van der Waals surface area contributed by atoms with Crippen LogP contribution in [0.25, 0.3) is 0 Å². The van der Waals surface area contributed by atoms with Crippen LogP contribution < -0.4 is 16.0 Å². The summed E-state index contributed by atoms with van der Waals surface area (Å²) in [4.78, 5) is 6.47. The lowest BCUT2D eigenvalue weighted by Crippen LogP contribution is -2.16. The Hall–Kier alpha value is -1.77. The average Bonchev–Trinajstić information content (AvgIpc) is 2.41. The maximum absolute atomic E-state index is 12.7. The maximum Gasteiger partial charge on any atom is 0.451 e. The molecule has 2 rings (SSSR count). The lowest BCUT2D eigenvalue weighted by atomic mass is 10.3. The minimum absolute atomic E-state index is 0.166. The number of rotatable bonds is 3. The van der Waals surface area contributed by atoms with Crippen molar-refractivity contribution in [1.29, 1.82) is 0 Å². The predicted octanol–water partition coefficient (Wildman–Crippen LogP) is 3.88. The number of halogens is 5. The Morgan fingerprint density at radius 3 is 2.38 bits per heavy atom. The first kappa shape index (κ1) is 15.6. The van der Waals surface area contributed by atoms with Crippen LogP contribution in [0.5, 0.6) is 11.6 Å². The molecule has 5 nitrogen and oxygen atoms in total. The van der Waals surface area contributed by atoms with Crippen LogP contribution in [0.4, 0.5) is 19.0 Å². The number of hydrazine groups is 1. The maximum atomic E-state index is 12.7. The molecule has 112 valence electrons.